The van der Waals surface area contributed by atoms with Gasteiger partial charge in [-0.3, -0.25) is 76.9 Å². The predicted molar refractivity (Wildman–Crippen MR) is 509 cm³/mol. The third kappa shape index (κ3) is 28.1. The number of benzene rings is 6. The van der Waals surface area contributed by atoms with Gasteiger partial charge in [0.15, 0.2) is 0 Å². The van der Waals surface area contributed by atoms with E-state index in [1.807, 2.05) is 100 Å². The van der Waals surface area contributed by atoms with Gasteiger partial charge in [-0.2, -0.15) is 0 Å². The van der Waals surface area contributed by atoms with Gasteiger partial charge in [-0.1, -0.05) is 152 Å². The van der Waals surface area contributed by atoms with Gasteiger partial charge in [-0.05, 0) is 174 Å². The van der Waals surface area contributed by atoms with E-state index in [2.05, 4.69) is 53.2 Å². The molecule has 0 unspecified atom stereocenters. The molecule has 9 rings (SSSR count). The quantitative estimate of drug-likeness (QED) is 0.0111. The number of hydrogen-bond acceptors (Lipinski definition) is 26. The molecule has 0 aliphatic heterocycles. The van der Waals surface area contributed by atoms with E-state index < -0.39 is 264 Å². The van der Waals surface area contributed by atoms with Crippen LogP contribution in [0.15, 0.2) is 121 Å². The Morgan fingerprint density at radius 1 is 0.362 bits per heavy atom. The standard InChI is InChI=1S/C100H130N14O24/c1-51(2)41-69(87(101)123)107-91(127)71(43-53(5)6)109-89(125)55(9)105-93(129)73(47-115)111-95(131)75(45-79(119)137-99(11,12)13)113(97(133)135-49-65-61-29-21-17-25-57(61)58-26-18-22-30-62(58)65)39-37-103-67-33-34-68(82-81(67)85(121)83-77(117)35-36-78(118)84(83)86(82)122)104-38-40-114(98(134)136-50-66-63-31-23-19-27-59(63)60-28-20-24-32-64(60)66)76(46-80(120)138-100(14,15)16)96(132)112-74(48-116)94(130)106-56(10)90(126)110-72(44-54(7)8)92(128)108-70(88(102)124)42-52(3)4/h17-36,51-56,65-66,69-76,103-104,115-118H,37-50H2,1-16H3,(H2,101,123)(H2,102,124)(H,105,129)(H,106,130)(H,107,127)(H,108,128)(H,109,125)(H,110,126)(H,111,131)(H,112,132)/t55-,56-,69-,70-,71-,72-,73-,74-,75-,76-/m0/s1. The number of nitrogens with zero attached hydrogens (tertiary/aromatic N) is 2. The topological polar surface area (TPSA) is 570 Å². The average Bonchev–Trinajstić information content (AvgIpc) is 1.22. The van der Waals surface area contributed by atoms with E-state index in [1.54, 1.807) is 52.0 Å². The summed E-state index contributed by atoms with van der Waals surface area (Å²) in [4.78, 5) is 232. The number of nitrogens with one attached hydrogen (secondary N) is 10. The molecule has 0 fully saturated rings. The molecule has 0 spiro atoms. The van der Waals surface area contributed by atoms with Gasteiger partial charge in [0, 0.05) is 49.4 Å². The number of fused-ring (bicyclic) bond motifs is 8. The SMILES string of the molecule is CC(C)C[C@H](NC(=O)[C@H](CC(C)C)NC(=O)[C@H](C)NC(=O)[C@H](CO)NC(=O)[C@H](CC(=O)OC(C)(C)C)N(CCNc1ccc(NCCN(C(=O)OCC2c3ccccc3-c3ccccc32)[C@@H](CC(=O)OC(C)(C)C)C(=O)N[C@@H](CO)C(=O)N[C@@H](C)C(=O)N[C@@H](CC(C)C)C(=O)N[C@@H](CC(C)C)C(N)=O)c2c1C(=O)c1c(O)ccc(O)c1C2=O)C(=O)OCC1c2ccccc2-c2ccccc21)C(N)=O. The minimum absolute atomic E-state index is 0.0665. The fraction of sp³-hybridized carbons (Fsp3) is 0.480. The average molecular weight is 1910 g/mol. The smallest absolute Gasteiger partial charge is 0.410 e. The van der Waals surface area contributed by atoms with Gasteiger partial charge in [0.1, 0.15) is 96.3 Å². The van der Waals surface area contributed by atoms with Gasteiger partial charge >= 0.3 is 24.1 Å². The summed E-state index contributed by atoms with van der Waals surface area (Å²) in [5.41, 5.74) is 12.5. The van der Waals surface area contributed by atoms with Crippen LogP contribution < -0.4 is 64.6 Å². The number of amides is 12. The number of phenols is 2. The number of aliphatic hydroxyl groups excluding tert-OH is 2. The molecule has 0 aromatic heterocycles. The molecule has 138 heavy (non-hydrogen) atoms. The number of esters is 2. The Morgan fingerprint density at radius 2 is 0.638 bits per heavy atom. The Morgan fingerprint density at radius 3 is 0.920 bits per heavy atom. The minimum Gasteiger partial charge on any atom is -0.507 e. The first-order valence-electron chi connectivity index (χ1n) is 46.2. The molecule has 3 aliphatic rings. The normalized spacial score (nSPS) is 14.7. The molecule has 38 nitrogen and oxygen atoms in total. The molecule has 0 bridgehead atoms. The van der Waals surface area contributed by atoms with Crippen molar-refractivity contribution in [3.8, 4) is 33.8 Å². The number of anilines is 2. The molecule has 3 aliphatic carbocycles. The number of carbonyl (C=O) groups is 16. The third-order valence-corrected chi connectivity index (χ3v) is 23.2. The van der Waals surface area contributed by atoms with Gasteiger partial charge in [-0.15, -0.1) is 0 Å². The first-order chi connectivity index (χ1) is 65.0. The predicted octanol–water partition coefficient (Wildman–Crippen LogP) is 6.46. The lowest BCUT2D eigenvalue weighted by Gasteiger charge is -2.33. The number of primary amides is 2. The maximum atomic E-state index is 15.5. The lowest BCUT2D eigenvalue weighted by molar-refractivity contribution is -0.158. The molecule has 18 N–H and O–H groups in total. The second-order valence-corrected chi connectivity index (χ2v) is 38.4. The molecule has 6 aromatic carbocycles. The highest BCUT2D eigenvalue weighted by molar-refractivity contribution is 6.33. The van der Waals surface area contributed by atoms with E-state index in [-0.39, 0.29) is 73.9 Å². The highest BCUT2D eigenvalue weighted by Gasteiger charge is 2.45. The van der Waals surface area contributed by atoms with Crippen LogP contribution in [0.25, 0.3) is 22.3 Å². The number of carbonyl (C=O) groups excluding carboxylic acids is 16. The molecule has 0 saturated carbocycles. The van der Waals surface area contributed by atoms with Crippen LogP contribution in [0.4, 0.5) is 21.0 Å². The number of hydrogen-bond donors (Lipinski definition) is 16. The Hall–Kier alpha value is -14.0. The molecule has 0 saturated heterocycles. The summed E-state index contributed by atoms with van der Waals surface area (Å²) in [6.45, 7) is 20.6. The summed E-state index contributed by atoms with van der Waals surface area (Å²) < 4.78 is 23.9. The van der Waals surface area contributed by atoms with Crippen LogP contribution in [0, 0.1) is 23.7 Å². The van der Waals surface area contributed by atoms with E-state index in [0.29, 0.717) is 0 Å². The van der Waals surface area contributed by atoms with Crippen LogP contribution in [-0.4, -0.2) is 249 Å². The maximum Gasteiger partial charge on any atom is 0.410 e. The number of aliphatic hydroxyl groups is 2. The van der Waals surface area contributed by atoms with Crippen molar-refractivity contribution in [3.05, 3.63) is 166 Å². The molecule has 744 valence electrons. The first kappa shape index (κ1) is 108. The van der Waals surface area contributed by atoms with Gasteiger partial charge < -0.3 is 104 Å². The van der Waals surface area contributed by atoms with E-state index >= 15 is 28.8 Å². The number of nitrogens with two attached hydrogens (primary N) is 2. The zero-order chi connectivity index (χ0) is 102. The number of ketones is 2. The maximum absolute atomic E-state index is 15.5. The van der Waals surface area contributed by atoms with Crippen LogP contribution in [0.5, 0.6) is 11.5 Å². The highest BCUT2D eigenvalue weighted by Crippen LogP contribution is 2.47. The summed E-state index contributed by atoms with van der Waals surface area (Å²) in [6.07, 6.45) is -3.91. The minimum atomic E-state index is -2.03. The summed E-state index contributed by atoms with van der Waals surface area (Å²) in [5.74, 6) is -17.3. The highest BCUT2D eigenvalue weighted by atomic mass is 16.6. The Balaban J connectivity index is 1.06. The van der Waals surface area contributed by atoms with E-state index in [0.717, 1.165) is 66.4 Å². The van der Waals surface area contributed by atoms with Gasteiger partial charge in [0.2, 0.25) is 70.6 Å². The third-order valence-electron chi connectivity index (χ3n) is 23.2. The van der Waals surface area contributed by atoms with Crippen molar-refractivity contribution in [2.45, 2.75) is 233 Å². The van der Waals surface area contributed by atoms with Crippen molar-refractivity contribution in [3.63, 3.8) is 0 Å². The van der Waals surface area contributed by atoms with Crippen LogP contribution in [0.3, 0.4) is 0 Å². The number of phenolic OH excluding ortho intramolecular Hbond substituents is 2. The van der Waals surface area contributed by atoms with Crippen molar-refractivity contribution in [1.82, 2.24) is 52.3 Å². The Labute approximate surface area is 801 Å². The monoisotopic (exact) mass is 1910 g/mol. The van der Waals surface area contributed by atoms with Crippen molar-refractivity contribution in [2.75, 3.05) is 63.2 Å². The second-order valence-electron chi connectivity index (χ2n) is 38.4. The van der Waals surface area contributed by atoms with Crippen LogP contribution >= 0.6 is 0 Å². The van der Waals surface area contributed by atoms with E-state index in [4.69, 9.17) is 30.4 Å². The number of aromatic hydroxyl groups is 2. The summed E-state index contributed by atoms with van der Waals surface area (Å²) in [6, 6.07) is 18.5. The summed E-state index contributed by atoms with van der Waals surface area (Å²) >= 11 is 0. The zero-order valence-corrected chi connectivity index (χ0v) is 80.7. The zero-order valence-electron chi connectivity index (χ0n) is 80.7. The number of ether oxygens (including phenoxy) is 4. The molecule has 0 heterocycles. The second kappa shape index (κ2) is 47.6. The van der Waals surface area contributed by atoms with Gasteiger partial charge in [0.05, 0.1) is 48.3 Å². The summed E-state index contributed by atoms with van der Waals surface area (Å²) in [7, 11) is 0. The van der Waals surface area contributed by atoms with E-state index in [1.165, 1.54) is 67.5 Å². The first-order valence-corrected chi connectivity index (χ1v) is 46.2. The van der Waals surface area contributed by atoms with E-state index in [9.17, 15) is 68.4 Å². The molecule has 12 amide bonds. The summed E-state index contributed by atoms with van der Waals surface area (Å²) in [5, 5.41) is 71.1. The van der Waals surface area contributed by atoms with Crippen LogP contribution in [-0.2, 0) is 76.5 Å². The fourth-order valence-electron chi connectivity index (χ4n) is 16.8. The lowest BCUT2D eigenvalue weighted by atomic mass is 9.81. The Kier molecular flexibility index (Phi) is 37.1. The molecular weight excluding hydrogens is 1780 g/mol. The van der Waals surface area contributed by atoms with Crippen molar-refractivity contribution >= 4 is 106 Å². The number of rotatable bonds is 46. The lowest BCUT2D eigenvalue weighted by Crippen LogP contribution is -2.60. The van der Waals surface area contributed by atoms with Gasteiger partial charge in [-0.25, -0.2) is 9.59 Å². The van der Waals surface area contributed by atoms with Crippen molar-refractivity contribution < 1.29 is 116 Å². The molecule has 0 radical (unpaired) electrons. The Bertz CT molecular complexity index is 5110. The molecule has 6 aromatic rings. The largest absolute Gasteiger partial charge is 0.507 e. The van der Waals surface area contributed by atoms with Crippen molar-refractivity contribution in [2.24, 2.45) is 35.1 Å². The molecule has 10 atom stereocenters. The fourth-order valence-corrected chi connectivity index (χ4v) is 16.8. The van der Waals surface area contributed by atoms with Crippen LogP contribution in [0.2, 0.25) is 0 Å². The van der Waals surface area contributed by atoms with Gasteiger partial charge in [0.25, 0.3) is 0 Å². The van der Waals surface area contributed by atoms with Crippen molar-refractivity contribution in [1.29, 1.82) is 0 Å². The van der Waals surface area contributed by atoms with Crippen LogP contribution in [0.1, 0.15) is 215 Å². The molecule has 38 heteroatoms. The molecular formula is C100H130N14O24.